The van der Waals surface area contributed by atoms with Crippen LogP contribution in [-0.2, 0) is 19.6 Å². The molecule has 1 aromatic rings. The molecule has 0 spiro atoms. The summed E-state index contributed by atoms with van der Waals surface area (Å²) in [6.45, 7) is 2.14. The Labute approximate surface area is 123 Å². The van der Waals surface area contributed by atoms with Crippen molar-refractivity contribution in [3.05, 3.63) is 23.2 Å². The molecule has 0 amide bonds. The van der Waals surface area contributed by atoms with Gasteiger partial charge in [-0.2, -0.15) is 0 Å². The number of sulfonamides is 1. The number of halogens is 1. The Morgan fingerprint density at radius 1 is 1.45 bits per heavy atom. The molecular formula is C12H17ClN2O4S. The van der Waals surface area contributed by atoms with E-state index in [1.807, 2.05) is 0 Å². The Hall–Kier alpha value is -1.31. The van der Waals surface area contributed by atoms with Gasteiger partial charge in [-0.3, -0.25) is 4.79 Å². The molecule has 1 aromatic carbocycles. The van der Waals surface area contributed by atoms with Gasteiger partial charge in [0.05, 0.1) is 11.6 Å². The highest BCUT2D eigenvalue weighted by Crippen LogP contribution is 2.23. The van der Waals surface area contributed by atoms with E-state index in [9.17, 15) is 13.2 Å². The van der Waals surface area contributed by atoms with Crippen LogP contribution in [0, 0.1) is 0 Å². The molecule has 0 atom stereocenters. The van der Waals surface area contributed by atoms with Crippen molar-refractivity contribution in [2.24, 2.45) is 0 Å². The van der Waals surface area contributed by atoms with Crippen LogP contribution >= 0.6 is 11.6 Å². The minimum atomic E-state index is -3.74. The summed E-state index contributed by atoms with van der Waals surface area (Å²) >= 11 is 5.84. The predicted molar refractivity (Wildman–Crippen MR) is 76.9 cm³/mol. The monoisotopic (exact) mass is 320 g/mol. The molecule has 20 heavy (non-hydrogen) atoms. The molecular weight excluding hydrogens is 304 g/mol. The number of rotatable bonds is 7. The highest BCUT2D eigenvalue weighted by molar-refractivity contribution is 7.89. The van der Waals surface area contributed by atoms with E-state index >= 15 is 0 Å². The van der Waals surface area contributed by atoms with E-state index in [1.54, 1.807) is 6.92 Å². The number of nitrogens with two attached hydrogens (primary N) is 1. The van der Waals surface area contributed by atoms with Gasteiger partial charge in [0.25, 0.3) is 0 Å². The van der Waals surface area contributed by atoms with Crippen LogP contribution in [0.2, 0.25) is 5.02 Å². The van der Waals surface area contributed by atoms with Crippen LogP contribution in [0.3, 0.4) is 0 Å². The van der Waals surface area contributed by atoms with Crippen molar-refractivity contribution < 1.29 is 17.9 Å². The second-order valence-electron chi connectivity index (χ2n) is 4.00. The minimum absolute atomic E-state index is 0.0738. The molecule has 1 rings (SSSR count). The molecule has 0 fully saturated rings. The average molecular weight is 321 g/mol. The lowest BCUT2D eigenvalue weighted by Gasteiger charge is -2.09. The maximum absolute atomic E-state index is 12.0. The molecule has 0 saturated heterocycles. The van der Waals surface area contributed by atoms with Crippen molar-refractivity contribution in [1.29, 1.82) is 0 Å². The van der Waals surface area contributed by atoms with Gasteiger partial charge in [0.1, 0.15) is 4.90 Å². The maximum atomic E-state index is 12.0. The van der Waals surface area contributed by atoms with E-state index in [-0.39, 0.29) is 28.9 Å². The van der Waals surface area contributed by atoms with Gasteiger partial charge in [0.2, 0.25) is 10.0 Å². The van der Waals surface area contributed by atoms with Gasteiger partial charge in [-0.1, -0.05) is 11.6 Å². The highest BCUT2D eigenvalue weighted by atomic mass is 35.5. The number of carbonyl (C=O) groups excluding carboxylic acids is 1. The van der Waals surface area contributed by atoms with Crippen LogP contribution in [0.25, 0.3) is 0 Å². The van der Waals surface area contributed by atoms with E-state index < -0.39 is 10.0 Å². The molecule has 0 aliphatic heterocycles. The summed E-state index contributed by atoms with van der Waals surface area (Å²) in [7, 11) is -3.74. The maximum Gasteiger partial charge on any atom is 0.305 e. The zero-order valence-electron chi connectivity index (χ0n) is 11.1. The number of nitrogens with one attached hydrogen (secondary N) is 1. The first-order chi connectivity index (χ1) is 9.36. The molecule has 0 heterocycles. The van der Waals surface area contributed by atoms with Crippen LogP contribution in [0.5, 0.6) is 0 Å². The second kappa shape index (κ2) is 7.47. The Morgan fingerprint density at radius 2 is 2.15 bits per heavy atom. The third-order valence-corrected chi connectivity index (χ3v) is 4.34. The number of esters is 1. The van der Waals surface area contributed by atoms with Crippen molar-refractivity contribution >= 4 is 33.3 Å². The summed E-state index contributed by atoms with van der Waals surface area (Å²) in [4.78, 5) is 11.0. The number of nitrogen functional groups attached to an aromatic ring is 1. The fourth-order valence-electron chi connectivity index (χ4n) is 1.48. The van der Waals surface area contributed by atoms with E-state index in [1.165, 1.54) is 18.2 Å². The van der Waals surface area contributed by atoms with Gasteiger partial charge in [-0.05, 0) is 31.5 Å². The first kappa shape index (κ1) is 16.7. The summed E-state index contributed by atoms with van der Waals surface area (Å²) < 4.78 is 31.1. The minimum Gasteiger partial charge on any atom is -0.466 e. The summed E-state index contributed by atoms with van der Waals surface area (Å²) in [6, 6.07) is 4.22. The Balaban J connectivity index is 2.58. The standard InChI is InChI=1S/C12H17ClN2O4S/c1-2-19-12(16)4-3-7-15-20(17,18)11-8-9(14)5-6-10(11)13/h5-6,8,15H,2-4,7,14H2,1H3. The Morgan fingerprint density at radius 3 is 2.80 bits per heavy atom. The largest absolute Gasteiger partial charge is 0.466 e. The predicted octanol–water partition coefficient (Wildman–Crippen LogP) is 1.54. The molecule has 0 aliphatic carbocycles. The van der Waals surface area contributed by atoms with Crippen molar-refractivity contribution in [2.75, 3.05) is 18.9 Å². The quantitative estimate of drug-likeness (QED) is 0.451. The van der Waals surface area contributed by atoms with E-state index in [2.05, 4.69) is 4.72 Å². The van der Waals surface area contributed by atoms with E-state index in [4.69, 9.17) is 22.1 Å². The van der Waals surface area contributed by atoms with Gasteiger partial charge >= 0.3 is 5.97 Å². The van der Waals surface area contributed by atoms with Gasteiger partial charge < -0.3 is 10.5 Å². The molecule has 0 radical (unpaired) electrons. The number of carbonyl (C=O) groups is 1. The van der Waals surface area contributed by atoms with Gasteiger partial charge in [-0.15, -0.1) is 0 Å². The molecule has 3 N–H and O–H groups in total. The average Bonchev–Trinajstić information content (AvgIpc) is 2.38. The number of ether oxygens (including phenoxy) is 1. The van der Waals surface area contributed by atoms with Crippen LogP contribution in [0.15, 0.2) is 23.1 Å². The highest BCUT2D eigenvalue weighted by Gasteiger charge is 2.17. The summed E-state index contributed by atoms with van der Waals surface area (Å²) in [5.74, 6) is -0.353. The lowest BCUT2D eigenvalue weighted by molar-refractivity contribution is -0.143. The Kier molecular flexibility index (Phi) is 6.25. The lowest BCUT2D eigenvalue weighted by atomic mass is 10.3. The SMILES string of the molecule is CCOC(=O)CCCNS(=O)(=O)c1cc(N)ccc1Cl. The molecule has 112 valence electrons. The van der Waals surface area contributed by atoms with Crippen molar-refractivity contribution in [1.82, 2.24) is 4.72 Å². The van der Waals surface area contributed by atoms with Crippen molar-refractivity contribution in [2.45, 2.75) is 24.7 Å². The summed E-state index contributed by atoms with van der Waals surface area (Å²) in [5.41, 5.74) is 5.85. The third-order valence-electron chi connectivity index (χ3n) is 2.40. The summed E-state index contributed by atoms with van der Waals surface area (Å²) in [6.07, 6.45) is 0.499. The molecule has 6 nitrogen and oxygen atoms in total. The van der Waals surface area contributed by atoms with Gasteiger partial charge in [0, 0.05) is 18.7 Å². The van der Waals surface area contributed by atoms with Crippen molar-refractivity contribution in [3.8, 4) is 0 Å². The third kappa shape index (κ3) is 4.99. The second-order valence-corrected chi connectivity index (χ2v) is 6.14. The normalized spacial score (nSPS) is 11.3. The fourth-order valence-corrected chi connectivity index (χ4v) is 3.08. The number of hydrogen-bond donors (Lipinski definition) is 2. The first-order valence-electron chi connectivity index (χ1n) is 6.07. The number of hydrogen-bond acceptors (Lipinski definition) is 5. The molecule has 0 bridgehead atoms. The number of benzene rings is 1. The molecule has 0 saturated carbocycles. The molecule has 0 unspecified atom stereocenters. The lowest BCUT2D eigenvalue weighted by Crippen LogP contribution is -2.25. The van der Waals surface area contributed by atoms with Crippen molar-refractivity contribution in [3.63, 3.8) is 0 Å². The van der Waals surface area contributed by atoms with Crippen LogP contribution in [0.4, 0.5) is 5.69 Å². The number of anilines is 1. The topological polar surface area (TPSA) is 98.5 Å². The molecule has 0 aliphatic rings. The zero-order chi connectivity index (χ0) is 15.2. The fraction of sp³-hybridized carbons (Fsp3) is 0.417. The Bertz CT molecular complexity index is 575. The van der Waals surface area contributed by atoms with Crippen LogP contribution in [0.1, 0.15) is 19.8 Å². The smallest absolute Gasteiger partial charge is 0.305 e. The van der Waals surface area contributed by atoms with Gasteiger partial charge in [0.15, 0.2) is 0 Å². The van der Waals surface area contributed by atoms with Gasteiger partial charge in [-0.25, -0.2) is 13.1 Å². The summed E-state index contributed by atoms with van der Waals surface area (Å²) in [5, 5.41) is 0.0945. The molecule has 0 aromatic heterocycles. The van der Waals surface area contributed by atoms with E-state index in [0.29, 0.717) is 18.7 Å². The molecule has 8 heteroatoms. The van der Waals surface area contributed by atoms with E-state index in [0.717, 1.165) is 0 Å². The zero-order valence-corrected chi connectivity index (χ0v) is 12.6. The van der Waals surface area contributed by atoms with Crippen LogP contribution in [-0.4, -0.2) is 27.5 Å². The van der Waals surface area contributed by atoms with Crippen LogP contribution < -0.4 is 10.5 Å². The first-order valence-corrected chi connectivity index (χ1v) is 7.93.